The summed E-state index contributed by atoms with van der Waals surface area (Å²) >= 11 is 0.607. The van der Waals surface area contributed by atoms with Crippen LogP contribution in [0.25, 0.3) is 0 Å². The molecule has 0 saturated heterocycles. The molecular formula is C9H12F3N3S. The third-order valence-electron chi connectivity index (χ3n) is 1.81. The van der Waals surface area contributed by atoms with Crippen molar-refractivity contribution in [1.29, 1.82) is 0 Å². The van der Waals surface area contributed by atoms with Gasteiger partial charge in [0, 0.05) is 11.9 Å². The van der Waals surface area contributed by atoms with Crippen molar-refractivity contribution in [2.45, 2.75) is 29.9 Å². The van der Waals surface area contributed by atoms with Crippen molar-refractivity contribution in [2.75, 3.05) is 6.54 Å². The van der Waals surface area contributed by atoms with E-state index in [4.69, 9.17) is 5.73 Å². The zero-order valence-corrected chi connectivity index (χ0v) is 9.48. The Balaban J connectivity index is 2.76. The summed E-state index contributed by atoms with van der Waals surface area (Å²) in [6.45, 7) is 1.69. The molecule has 0 aromatic carbocycles. The number of aromatic nitrogens is 2. The number of aryl methyl sites for hydroxylation is 1. The summed E-state index contributed by atoms with van der Waals surface area (Å²) in [6.07, 6.45) is -2.97. The topological polar surface area (TPSA) is 51.8 Å². The number of alkyl halides is 3. The summed E-state index contributed by atoms with van der Waals surface area (Å²) in [5.41, 5.74) is 5.80. The molecule has 0 aliphatic rings. The molecule has 1 rings (SSSR count). The lowest BCUT2D eigenvalue weighted by atomic mass is 10.3. The Hall–Kier alpha value is -0.820. The summed E-state index contributed by atoms with van der Waals surface area (Å²) in [7, 11) is 0. The van der Waals surface area contributed by atoms with Crippen molar-refractivity contribution >= 4 is 11.8 Å². The quantitative estimate of drug-likeness (QED) is 0.658. The number of nitrogens with zero attached hydrogens (tertiary/aromatic N) is 2. The first-order valence-corrected chi connectivity index (χ1v) is 5.54. The predicted molar refractivity (Wildman–Crippen MR) is 56.1 cm³/mol. The van der Waals surface area contributed by atoms with Gasteiger partial charge in [-0.15, -0.1) is 0 Å². The second kappa shape index (κ2) is 5.49. The number of hydrogen-bond donors (Lipinski definition) is 1. The van der Waals surface area contributed by atoms with Crippen LogP contribution in [0.2, 0.25) is 0 Å². The van der Waals surface area contributed by atoms with E-state index in [0.717, 1.165) is 0 Å². The van der Waals surface area contributed by atoms with Crippen LogP contribution in [0.3, 0.4) is 0 Å². The second-order valence-electron chi connectivity index (χ2n) is 3.21. The smallest absolute Gasteiger partial charge is 0.330 e. The van der Waals surface area contributed by atoms with Crippen molar-refractivity contribution in [3.8, 4) is 0 Å². The molecule has 3 nitrogen and oxygen atoms in total. The van der Waals surface area contributed by atoms with Gasteiger partial charge in [0.15, 0.2) is 5.16 Å². The van der Waals surface area contributed by atoms with Gasteiger partial charge in [-0.05, 0) is 26.0 Å². The number of rotatable bonds is 4. The van der Waals surface area contributed by atoms with Crippen LogP contribution in [0.4, 0.5) is 13.2 Å². The van der Waals surface area contributed by atoms with Crippen LogP contribution in [0.1, 0.15) is 12.1 Å². The molecule has 0 fully saturated rings. The SMILES string of the molecule is Cc1ccnc(SC(CCN)C(F)(F)F)n1. The highest BCUT2D eigenvalue weighted by Gasteiger charge is 2.40. The van der Waals surface area contributed by atoms with E-state index in [-0.39, 0.29) is 18.1 Å². The summed E-state index contributed by atoms with van der Waals surface area (Å²) in [4.78, 5) is 7.71. The van der Waals surface area contributed by atoms with Crippen molar-refractivity contribution in [2.24, 2.45) is 5.73 Å². The number of thioether (sulfide) groups is 1. The van der Waals surface area contributed by atoms with E-state index in [1.165, 1.54) is 6.20 Å². The average molecular weight is 251 g/mol. The molecule has 0 aliphatic carbocycles. The highest BCUT2D eigenvalue weighted by molar-refractivity contribution is 7.99. The fraction of sp³-hybridized carbons (Fsp3) is 0.556. The Bertz CT molecular complexity index is 343. The van der Waals surface area contributed by atoms with Crippen LogP contribution < -0.4 is 5.73 Å². The molecule has 1 aromatic rings. The van der Waals surface area contributed by atoms with Crippen LogP contribution in [0, 0.1) is 6.92 Å². The largest absolute Gasteiger partial charge is 0.401 e. The van der Waals surface area contributed by atoms with Crippen molar-refractivity contribution in [3.05, 3.63) is 18.0 Å². The second-order valence-corrected chi connectivity index (χ2v) is 4.38. The van der Waals surface area contributed by atoms with E-state index in [9.17, 15) is 13.2 Å². The maximum Gasteiger partial charge on any atom is 0.401 e. The van der Waals surface area contributed by atoms with Crippen LogP contribution in [-0.2, 0) is 0 Å². The summed E-state index contributed by atoms with van der Waals surface area (Å²) < 4.78 is 37.7. The minimum absolute atomic E-state index is 0.0109. The number of hydrogen-bond acceptors (Lipinski definition) is 4. The fourth-order valence-corrected chi connectivity index (χ4v) is 2.01. The Morgan fingerprint density at radius 2 is 2.19 bits per heavy atom. The van der Waals surface area contributed by atoms with Gasteiger partial charge in [-0.3, -0.25) is 0 Å². The van der Waals surface area contributed by atoms with Gasteiger partial charge < -0.3 is 5.73 Å². The number of halogens is 3. The normalized spacial score (nSPS) is 13.8. The van der Waals surface area contributed by atoms with Crippen molar-refractivity contribution in [3.63, 3.8) is 0 Å². The molecule has 0 spiro atoms. The summed E-state index contributed by atoms with van der Waals surface area (Å²) in [5.74, 6) is 0. The minimum atomic E-state index is -4.28. The average Bonchev–Trinajstić information content (AvgIpc) is 2.16. The van der Waals surface area contributed by atoms with E-state index in [0.29, 0.717) is 17.5 Å². The molecule has 1 heterocycles. The van der Waals surface area contributed by atoms with Gasteiger partial charge in [0.05, 0.1) is 0 Å². The Kier molecular flexibility index (Phi) is 4.55. The maximum atomic E-state index is 12.6. The van der Waals surface area contributed by atoms with Gasteiger partial charge in [0.2, 0.25) is 0 Å². The maximum absolute atomic E-state index is 12.6. The highest BCUT2D eigenvalue weighted by Crippen LogP contribution is 2.35. The van der Waals surface area contributed by atoms with Crippen LogP contribution >= 0.6 is 11.8 Å². The van der Waals surface area contributed by atoms with E-state index >= 15 is 0 Å². The van der Waals surface area contributed by atoms with Crippen molar-refractivity contribution < 1.29 is 13.2 Å². The van der Waals surface area contributed by atoms with E-state index in [1.807, 2.05) is 0 Å². The third-order valence-corrected chi connectivity index (χ3v) is 3.01. The minimum Gasteiger partial charge on any atom is -0.330 e. The first-order chi connectivity index (χ1) is 7.43. The molecule has 7 heteroatoms. The van der Waals surface area contributed by atoms with Crippen LogP contribution in [-0.4, -0.2) is 27.9 Å². The Morgan fingerprint density at radius 3 is 2.69 bits per heavy atom. The molecule has 1 atom stereocenters. The van der Waals surface area contributed by atoms with E-state index < -0.39 is 11.4 Å². The van der Waals surface area contributed by atoms with Gasteiger partial charge in [0.25, 0.3) is 0 Å². The molecular weight excluding hydrogens is 239 g/mol. The van der Waals surface area contributed by atoms with Gasteiger partial charge in [-0.1, -0.05) is 11.8 Å². The molecule has 0 bridgehead atoms. The molecule has 0 amide bonds. The Morgan fingerprint density at radius 1 is 1.50 bits per heavy atom. The van der Waals surface area contributed by atoms with Gasteiger partial charge >= 0.3 is 6.18 Å². The zero-order valence-electron chi connectivity index (χ0n) is 8.66. The third kappa shape index (κ3) is 3.97. The monoisotopic (exact) mass is 251 g/mol. The summed E-state index contributed by atoms with van der Waals surface area (Å²) in [5, 5.41) is -1.41. The number of nitrogens with two attached hydrogens (primary N) is 1. The van der Waals surface area contributed by atoms with Crippen LogP contribution in [0.15, 0.2) is 17.4 Å². The van der Waals surface area contributed by atoms with Gasteiger partial charge in [-0.2, -0.15) is 13.2 Å². The highest BCUT2D eigenvalue weighted by atomic mass is 32.2. The summed E-state index contributed by atoms with van der Waals surface area (Å²) in [6, 6.07) is 1.63. The first-order valence-electron chi connectivity index (χ1n) is 4.66. The van der Waals surface area contributed by atoms with Crippen LogP contribution in [0.5, 0.6) is 0 Å². The lowest BCUT2D eigenvalue weighted by Crippen LogP contribution is -2.28. The molecule has 0 radical (unpaired) electrons. The fourth-order valence-electron chi connectivity index (χ4n) is 1.05. The van der Waals surface area contributed by atoms with Gasteiger partial charge in [0.1, 0.15) is 5.25 Å². The van der Waals surface area contributed by atoms with E-state index in [2.05, 4.69) is 9.97 Å². The predicted octanol–water partition coefficient (Wildman–Crippen LogP) is 2.16. The lowest BCUT2D eigenvalue weighted by molar-refractivity contribution is -0.129. The lowest BCUT2D eigenvalue weighted by Gasteiger charge is -2.17. The molecule has 90 valence electrons. The first kappa shape index (κ1) is 13.2. The van der Waals surface area contributed by atoms with E-state index in [1.54, 1.807) is 13.0 Å². The molecule has 2 N–H and O–H groups in total. The molecule has 16 heavy (non-hydrogen) atoms. The standard InChI is InChI=1S/C9H12F3N3S/c1-6-3-5-14-8(15-6)16-7(2-4-13)9(10,11)12/h3,5,7H,2,4,13H2,1H3. The van der Waals surface area contributed by atoms with Crippen molar-refractivity contribution in [1.82, 2.24) is 9.97 Å². The Labute approximate surface area is 95.7 Å². The molecule has 0 saturated carbocycles. The van der Waals surface area contributed by atoms with Gasteiger partial charge in [-0.25, -0.2) is 9.97 Å². The molecule has 1 aromatic heterocycles. The molecule has 0 aliphatic heterocycles. The zero-order chi connectivity index (χ0) is 12.2. The molecule has 1 unspecified atom stereocenters.